The molecule has 0 aliphatic rings. The molecule has 0 bridgehead atoms. The van der Waals surface area contributed by atoms with Gasteiger partial charge in [0, 0.05) is 12.8 Å². The molecule has 2 heteroatoms. The Morgan fingerprint density at radius 3 is 2.50 bits per heavy atom. The smallest absolute Gasteiger partial charge is 0.0593 e. The van der Waals surface area contributed by atoms with Gasteiger partial charge in [0.2, 0.25) is 0 Å². The van der Waals surface area contributed by atoms with Crippen LogP contribution in [0.15, 0.2) is 35.4 Å². The summed E-state index contributed by atoms with van der Waals surface area (Å²) in [4.78, 5) is 0. The van der Waals surface area contributed by atoms with E-state index in [1.165, 1.54) is 0 Å². The van der Waals surface area contributed by atoms with E-state index in [0.717, 1.165) is 12.2 Å². The monoisotopic (exact) mass is 162 g/mol. The Bertz CT molecular complexity index is 241. The second-order valence-electron chi connectivity index (χ2n) is 2.42. The molecule has 0 radical (unpaired) electrons. The first kappa shape index (κ1) is 8.78. The average molecular weight is 162 g/mol. The molecule has 1 aromatic carbocycles. The lowest BCUT2D eigenvalue weighted by atomic mass is 10.3. The highest BCUT2D eigenvalue weighted by atomic mass is 15.4. The predicted molar refractivity (Wildman–Crippen MR) is 53.6 cm³/mol. The van der Waals surface area contributed by atoms with Gasteiger partial charge < -0.3 is 0 Å². The fraction of sp³-hybridized carbons (Fsp3) is 0.300. The number of benzene rings is 1. The maximum absolute atomic E-state index is 4.22. The van der Waals surface area contributed by atoms with E-state index in [4.69, 9.17) is 0 Å². The summed E-state index contributed by atoms with van der Waals surface area (Å²) < 4.78 is 0. The van der Waals surface area contributed by atoms with Crippen LogP contribution in [0.5, 0.6) is 0 Å². The molecule has 0 aliphatic carbocycles. The Hall–Kier alpha value is -1.31. The standard InChI is InChI=1S/C10H14N2/c1-3-11-12(4-2)10-8-6-5-7-9-10/h3,5-9H,4H2,1-2H3/b11-3-. The third kappa shape index (κ3) is 2.09. The van der Waals surface area contributed by atoms with Crippen LogP contribution < -0.4 is 5.01 Å². The Morgan fingerprint density at radius 2 is 2.00 bits per heavy atom. The number of hydrogen-bond donors (Lipinski definition) is 0. The second kappa shape index (κ2) is 4.54. The molecule has 0 unspecified atom stereocenters. The Balaban J connectivity index is 2.80. The minimum Gasteiger partial charge on any atom is -0.266 e. The van der Waals surface area contributed by atoms with Gasteiger partial charge in [-0.3, -0.25) is 5.01 Å². The highest BCUT2D eigenvalue weighted by Crippen LogP contribution is 2.12. The number of hydrogen-bond acceptors (Lipinski definition) is 2. The largest absolute Gasteiger partial charge is 0.266 e. The lowest BCUT2D eigenvalue weighted by Gasteiger charge is -2.15. The molecule has 0 amide bonds. The summed E-state index contributed by atoms with van der Waals surface area (Å²) in [6.45, 7) is 4.90. The van der Waals surface area contributed by atoms with Crippen molar-refractivity contribution in [3.8, 4) is 0 Å². The van der Waals surface area contributed by atoms with Crippen molar-refractivity contribution in [1.82, 2.24) is 0 Å². The quantitative estimate of drug-likeness (QED) is 0.492. The number of hydrazone groups is 1. The Labute approximate surface area is 73.5 Å². The van der Waals surface area contributed by atoms with Gasteiger partial charge in [-0.25, -0.2) is 0 Å². The summed E-state index contributed by atoms with van der Waals surface area (Å²) >= 11 is 0. The summed E-state index contributed by atoms with van der Waals surface area (Å²) in [7, 11) is 0. The minimum atomic E-state index is 0.897. The van der Waals surface area contributed by atoms with E-state index in [1.807, 2.05) is 30.1 Å². The van der Waals surface area contributed by atoms with E-state index in [2.05, 4.69) is 24.2 Å². The van der Waals surface area contributed by atoms with Gasteiger partial charge in [0.1, 0.15) is 0 Å². The zero-order valence-corrected chi connectivity index (χ0v) is 7.57. The molecule has 0 saturated carbocycles. The van der Waals surface area contributed by atoms with Crippen LogP contribution in [-0.2, 0) is 0 Å². The van der Waals surface area contributed by atoms with E-state index in [9.17, 15) is 0 Å². The van der Waals surface area contributed by atoms with Crippen molar-refractivity contribution in [2.24, 2.45) is 5.10 Å². The molecule has 0 fully saturated rings. The molecule has 0 N–H and O–H groups in total. The van der Waals surface area contributed by atoms with Gasteiger partial charge in [0.05, 0.1) is 5.69 Å². The summed E-state index contributed by atoms with van der Waals surface area (Å²) in [5.41, 5.74) is 1.14. The van der Waals surface area contributed by atoms with E-state index in [-0.39, 0.29) is 0 Å². The van der Waals surface area contributed by atoms with Crippen molar-refractivity contribution in [2.45, 2.75) is 13.8 Å². The van der Waals surface area contributed by atoms with Crippen LogP contribution in [0, 0.1) is 0 Å². The van der Waals surface area contributed by atoms with Crippen molar-refractivity contribution in [3.05, 3.63) is 30.3 Å². The van der Waals surface area contributed by atoms with Crippen LogP contribution in [0.3, 0.4) is 0 Å². The van der Waals surface area contributed by atoms with Crippen LogP contribution in [0.4, 0.5) is 5.69 Å². The van der Waals surface area contributed by atoms with E-state index < -0.39 is 0 Å². The van der Waals surface area contributed by atoms with Crippen LogP contribution in [0.2, 0.25) is 0 Å². The number of nitrogens with zero attached hydrogens (tertiary/aromatic N) is 2. The second-order valence-corrected chi connectivity index (χ2v) is 2.42. The predicted octanol–water partition coefficient (Wildman–Crippen LogP) is 2.52. The van der Waals surface area contributed by atoms with Crippen LogP contribution in [0.25, 0.3) is 0 Å². The molecule has 0 aliphatic heterocycles. The number of para-hydroxylation sites is 1. The molecule has 1 rings (SSSR count). The molecule has 1 aromatic rings. The van der Waals surface area contributed by atoms with Crippen LogP contribution >= 0.6 is 0 Å². The molecule has 2 nitrogen and oxygen atoms in total. The van der Waals surface area contributed by atoms with Gasteiger partial charge >= 0.3 is 0 Å². The Kier molecular flexibility index (Phi) is 3.33. The molecular formula is C10H14N2. The fourth-order valence-electron chi connectivity index (χ4n) is 1.07. The van der Waals surface area contributed by atoms with E-state index in [0.29, 0.717) is 0 Å². The van der Waals surface area contributed by atoms with E-state index in [1.54, 1.807) is 6.21 Å². The molecule has 12 heavy (non-hydrogen) atoms. The van der Waals surface area contributed by atoms with Crippen molar-refractivity contribution >= 4 is 11.9 Å². The van der Waals surface area contributed by atoms with Gasteiger partial charge in [0.25, 0.3) is 0 Å². The maximum atomic E-state index is 4.22. The lowest BCUT2D eigenvalue weighted by Crippen LogP contribution is -2.14. The third-order valence-corrected chi connectivity index (χ3v) is 1.61. The van der Waals surface area contributed by atoms with E-state index >= 15 is 0 Å². The van der Waals surface area contributed by atoms with Crippen LogP contribution in [-0.4, -0.2) is 12.8 Å². The van der Waals surface area contributed by atoms with Crippen molar-refractivity contribution in [2.75, 3.05) is 11.6 Å². The fourth-order valence-corrected chi connectivity index (χ4v) is 1.07. The number of anilines is 1. The van der Waals surface area contributed by atoms with Gasteiger partial charge in [-0.2, -0.15) is 5.10 Å². The SMILES string of the molecule is C/C=N\N(CC)c1ccccc1. The van der Waals surface area contributed by atoms with Crippen LogP contribution in [0.1, 0.15) is 13.8 Å². The first-order valence-corrected chi connectivity index (χ1v) is 4.19. The highest BCUT2D eigenvalue weighted by molar-refractivity contribution is 5.57. The summed E-state index contributed by atoms with van der Waals surface area (Å²) in [5, 5.41) is 6.18. The molecule has 0 aromatic heterocycles. The first-order valence-electron chi connectivity index (χ1n) is 4.19. The topological polar surface area (TPSA) is 15.6 Å². The molecule has 64 valence electrons. The number of rotatable bonds is 3. The third-order valence-electron chi connectivity index (χ3n) is 1.61. The average Bonchev–Trinajstić information content (AvgIpc) is 2.15. The van der Waals surface area contributed by atoms with Crippen molar-refractivity contribution < 1.29 is 0 Å². The normalized spacial score (nSPS) is 10.5. The first-order chi connectivity index (χ1) is 5.88. The summed E-state index contributed by atoms with van der Waals surface area (Å²) in [6, 6.07) is 10.1. The molecule has 0 heterocycles. The highest BCUT2D eigenvalue weighted by Gasteiger charge is 1.97. The molecular weight excluding hydrogens is 148 g/mol. The van der Waals surface area contributed by atoms with Gasteiger partial charge in [0.15, 0.2) is 0 Å². The minimum absolute atomic E-state index is 0.897. The zero-order chi connectivity index (χ0) is 8.81. The summed E-state index contributed by atoms with van der Waals surface area (Å²) in [5.74, 6) is 0. The van der Waals surface area contributed by atoms with Gasteiger partial charge in [-0.1, -0.05) is 18.2 Å². The molecule has 0 atom stereocenters. The lowest BCUT2D eigenvalue weighted by molar-refractivity contribution is 0.897. The van der Waals surface area contributed by atoms with Crippen molar-refractivity contribution in [1.29, 1.82) is 0 Å². The molecule has 0 spiro atoms. The van der Waals surface area contributed by atoms with Gasteiger partial charge in [-0.15, -0.1) is 0 Å². The van der Waals surface area contributed by atoms with Crippen molar-refractivity contribution in [3.63, 3.8) is 0 Å². The Morgan fingerprint density at radius 1 is 1.33 bits per heavy atom. The molecule has 0 saturated heterocycles. The zero-order valence-electron chi connectivity index (χ0n) is 7.57. The van der Waals surface area contributed by atoms with Gasteiger partial charge in [-0.05, 0) is 26.0 Å². The maximum Gasteiger partial charge on any atom is 0.0593 e. The summed E-state index contributed by atoms with van der Waals surface area (Å²) in [6.07, 6.45) is 1.80.